The molecule has 2 unspecified atom stereocenters. The smallest absolute Gasteiger partial charge is 0.347 e. The Morgan fingerprint density at radius 2 is 2.00 bits per heavy atom. The zero-order chi connectivity index (χ0) is 15.8. The topological polar surface area (TPSA) is 61.5 Å². The lowest BCUT2D eigenvalue weighted by Gasteiger charge is -2.20. The van der Waals surface area contributed by atoms with Crippen LogP contribution < -0.4 is 10.5 Å². The van der Waals surface area contributed by atoms with E-state index in [1.807, 2.05) is 25.1 Å². The molecule has 0 bridgehead atoms. The summed E-state index contributed by atoms with van der Waals surface area (Å²) in [7, 11) is 0. The van der Waals surface area contributed by atoms with Gasteiger partial charge < -0.3 is 15.2 Å². The zero-order valence-electron chi connectivity index (χ0n) is 12.9. The molecular formula is C16H24BrNO3. The van der Waals surface area contributed by atoms with Crippen LogP contribution in [0, 0.1) is 0 Å². The van der Waals surface area contributed by atoms with Crippen molar-refractivity contribution in [2.75, 3.05) is 6.61 Å². The second-order valence-electron chi connectivity index (χ2n) is 4.89. The van der Waals surface area contributed by atoms with Crippen molar-refractivity contribution in [3.05, 3.63) is 28.2 Å². The molecule has 4 nitrogen and oxygen atoms in total. The maximum Gasteiger partial charge on any atom is 0.347 e. The molecule has 1 aromatic rings. The van der Waals surface area contributed by atoms with Gasteiger partial charge in [0.05, 0.1) is 6.61 Å². The normalized spacial score (nSPS) is 13.6. The fraction of sp³-hybridized carbons (Fsp3) is 0.562. The molecule has 2 N–H and O–H groups in total. The van der Waals surface area contributed by atoms with Gasteiger partial charge in [-0.05, 0) is 49.9 Å². The van der Waals surface area contributed by atoms with Crippen LogP contribution in [-0.2, 0) is 16.0 Å². The fourth-order valence-electron chi connectivity index (χ4n) is 1.94. The summed E-state index contributed by atoms with van der Waals surface area (Å²) in [5.41, 5.74) is 7.03. The third-order valence-corrected chi connectivity index (χ3v) is 3.71. The SMILES string of the molecule is CCOC(=O)C(CC)Oc1ccc(Br)cc1CC(N)CC. The van der Waals surface area contributed by atoms with Gasteiger partial charge in [-0.25, -0.2) is 4.79 Å². The molecule has 2 atom stereocenters. The van der Waals surface area contributed by atoms with Crippen molar-refractivity contribution in [3.8, 4) is 5.75 Å². The number of benzene rings is 1. The van der Waals surface area contributed by atoms with E-state index in [4.69, 9.17) is 15.2 Å². The van der Waals surface area contributed by atoms with Gasteiger partial charge in [-0.2, -0.15) is 0 Å². The van der Waals surface area contributed by atoms with Gasteiger partial charge >= 0.3 is 5.97 Å². The van der Waals surface area contributed by atoms with Gasteiger partial charge in [0.1, 0.15) is 5.75 Å². The molecule has 0 aliphatic carbocycles. The van der Waals surface area contributed by atoms with Crippen LogP contribution in [-0.4, -0.2) is 24.7 Å². The van der Waals surface area contributed by atoms with Gasteiger partial charge in [0.15, 0.2) is 6.10 Å². The lowest BCUT2D eigenvalue weighted by molar-refractivity contribution is -0.151. The standard InChI is InChI=1S/C16H24BrNO3/c1-4-13(18)10-11-9-12(17)7-8-15(11)21-14(5-2)16(19)20-6-3/h7-9,13-14H,4-6,10,18H2,1-3H3. The summed E-state index contributed by atoms with van der Waals surface area (Å²) in [5.74, 6) is 0.371. The Morgan fingerprint density at radius 3 is 2.57 bits per heavy atom. The zero-order valence-corrected chi connectivity index (χ0v) is 14.5. The Hall–Kier alpha value is -1.07. The van der Waals surface area contributed by atoms with Crippen LogP contribution in [0.2, 0.25) is 0 Å². The van der Waals surface area contributed by atoms with Crippen molar-refractivity contribution >= 4 is 21.9 Å². The molecule has 0 saturated carbocycles. The Kier molecular flexibility index (Phi) is 7.75. The van der Waals surface area contributed by atoms with Crippen molar-refractivity contribution in [2.45, 2.75) is 52.2 Å². The van der Waals surface area contributed by atoms with E-state index in [1.165, 1.54) is 0 Å². The molecule has 0 radical (unpaired) electrons. The molecule has 118 valence electrons. The third-order valence-electron chi connectivity index (χ3n) is 3.22. The summed E-state index contributed by atoms with van der Waals surface area (Å²) in [6.07, 6.45) is 1.59. The molecule has 0 spiro atoms. The van der Waals surface area contributed by atoms with E-state index >= 15 is 0 Å². The molecule has 1 aromatic carbocycles. The number of carbonyl (C=O) groups excluding carboxylic acids is 1. The molecule has 0 heterocycles. The molecule has 21 heavy (non-hydrogen) atoms. The molecule has 5 heteroatoms. The van der Waals surface area contributed by atoms with Gasteiger partial charge in [0, 0.05) is 10.5 Å². The van der Waals surface area contributed by atoms with Crippen molar-refractivity contribution < 1.29 is 14.3 Å². The molecule has 0 saturated heterocycles. The number of rotatable bonds is 8. The minimum absolute atomic E-state index is 0.0734. The molecule has 0 amide bonds. The first kappa shape index (κ1) is 18.0. The second kappa shape index (κ2) is 9.05. The van der Waals surface area contributed by atoms with Crippen molar-refractivity contribution in [3.63, 3.8) is 0 Å². The van der Waals surface area contributed by atoms with Gasteiger partial charge in [0.25, 0.3) is 0 Å². The van der Waals surface area contributed by atoms with Gasteiger partial charge in [0.2, 0.25) is 0 Å². The number of hydrogen-bond donors (Lipinski definition) is 1. The Morgan fingerprint density at radius 1 is 1.29 bits per heavy atom. The highest BCUT2D eigenvalue weighted by molar-refractivity contribution is 9.10. The number of carbonyl (C=O) groups is 1. The van der Waals surface area contributed by atoms with Gasteiger partial charge in [-0.15, -0.1) is 0 Å². The van der Waals surface area contributed by atoms with Crippen LogP contribution in [0.3, 0.4) is 0 Å². The summed E-state index contributed by atoms with van der Waals surface area (Å²) in [4.78, 5) is 11.9. The summed E-state index contributed by atoms with van der Waals surface area (Å²) in [5, 5.41) is 0. The minimum Gasteiger partial charge on any atom is -0.478 e. The molecule has 0 aliphatic rings. The number of hydrogen-bond acceptors (Lipinski definition) is 4. The number of esters is 1. The second-order valence-corrected chi connectivity index (χ2v) is 5.81. The quantitative estimate of drug-likeness (QED) is 0.723. The van der Waals surface area contributed by atoms with Crippen LogP contribution in [0.1, 0.15) is 39.2 Å². The fourth-order valence-corrected chi connectivity index (χ4v) is 2.34. The molecule has 0 fully saturated rings. The number of halogens is 1. The maximum absolute atomic E-state index is 11.9. The van der Waals surface area contributed by atoms with E-state index in [9.17, 15) is 4.79 Å². The Labute approximate surface area is 135 Å². The molecule has 0 aromatic heterocycles. The summed E-state index contributed by atoms with van der Waals surface area (Å²) >= 11 is 3.46. The highest BCUT2D eigenvalue weighted by Crippen LogP contribution is 2.26. The van der Waals surface area contributed by atoms with Crippen LogP contribution in [0.25, 0.3) is 0 Å². The largest absolute Gasteiger partial charge is 0.478 e. The Balaban J connectivity index is 2.92. The van der Waals surface area contributed by atoms with E-state index in [1.54, 1.807) is 6.92 Å². The van der Waals surface area contributed by atoms with E-state index in [-0.39, 0.29) is 12.0 Å². The lowest BCUT2D eigenvalue weighted by atomic mass is 10.0. The van der Waals surface area contributed by atoms with E-state index in [0.29, 0.717) is 25.2 Å². The van der Waals surface area contributed by atoms with E-state index in [0.717, 1.165) is 16.5 Å². The lowest BCUT2D eigenvalue weighted by Crippen LogP contribution is -2.29. The minimum atomic E-state index is -0.581. The van der Waals surface area contributed by atoms with E-state index < -0.39 is 6.10 Å². The van der Waals surface area contributed by atoms with Crippen molar-refractivity contribution in [2.24, 2.45) is 5.73 Å². The summed E-state index contributed by atoms with van der Waals surface area (Å²) < 4.78 is 11.9. The first-order valence-corrected chi connectivity index (χ1v) is 8.18. The van der Waals surface area contributed by atoms with Crippen LogP contribution in [0.15, 0.2) is 22.7 Å². The first-order chi connectivity index (χ1) is 10.0. The predicted molar refractivity (Wildman–Crippen MR) is 87.5 cm³/mol. The molecule has 0 aliphatic heterocycles. The molecular weight excluding hydrogens is 334 g/mol. The highest BCUT2D eigenvalue weighted by Gasteiger charge is 2.21. The van der Waals surface area contributed by atoms with E-state index in [2.05, 4.69) is 22.9 Å². The average Bonchev–Trinajstić information content (AvgIpc) is 2.46. The van der Waals surface area contributed by atoms with Gasteiger partial charge in [-0.3, -0.25) is 0 Å². The van der Waals surface area contributed by atoms with Crippen molar-refractivity contribution in [1.29, 1.82) is 0 Å². The number of ether oxygens (including phenoxy) is 2. The Bertz CT molecular complexity index is 465. The molecule has 1 rings (SSSR count). The first-order valence-electron chi connectivity index (χ1n) is 7.39. The van der Waals surface area contributed by atoms with Crippen LogP contribution in [0.5, 0.6) is 5.75 Å². The third kappa shape index (κ3) is 5.67. The average molecular weight is 358 g/mol. The highest BCUT2D eigenvalue weighted by atomic mass is 79.9. The van der Waals surface area contributed by atoms with Gasteiger partial charge in [-0.1, -0.05) is 29.8 Å². The van der Waals surface area contributed by atoms with Crippen molar-refractivity contribution in [1.82, 2.24) is 0 Å². The van der Waals surface area contributed by atoms with Crippen LogP contribution >= 0.6 is 15.9 Å². The number of nitrogens with two attached hydrogens (primary N) is 1. The van der Waals surface area contributed by atoms with Crippen LogP contribution in [0.4, 0.5) is 0 Å². The summed E-state index contributed by atoms with van der Waals surface area (Å²) in [6.45, 7) is 6.09. The monoisotopic (exact) mass is 357 g/mol. The predicted octanol–water partition coefficient (Wildman–Crippen LogP) is 3.45. The summed E-state index contributed by atoms with van der Waals surface area (Å²) in [6, 6.07) is 5.82. The maximum atomic E-state index is 11.9.